The van der Waals surface area contributed by atoms with E-state index in [1.165, 1.54) is 15.5 Å². The molecule has 6 heteroatoms. The number of carbonyl (C=O) groups is 1. The van der Waals surface area contributed by atoms with Crippen LogP contribution in [-0.4, -0.2) is 26.1 Å². The first-order chi connectivity index (χ1) is 10.6. The molecule has 118 valence electrons. The van der Waals surface area contributed by atoms with E-state index in [-0.39, 0.29) is 24.2 Å². The number of hydrogen-bond acceptors (Lipinski definition) is 3. The van der Waals surface area contributed by atoms with Gasteiger partial charge in [-0.25, -0.2) is 9.48 Å². The van der Waals surface area contributed by atoms with Crippen LogP contribution in [0.4, 0.5) is 0 Å². The summed E-state index contributed by atoms with van der Waals surface area (Å²) in [6.07, 6.45) is 5.03. The summed E-state index contributed by atoms with van der Waals surface area (Å²) >= 11 is 0. The summed E-state index contributed by atoms with van der Waals surface area (Å²) < 4.78 is 2.67. The van der Waals surface area contributed by atoms with Gasteiger partial charge in [0.15, 0.2) is 5.65 Å². The minimum absolute atomic E-state index is 0.0296. The topological polar surface area (TPSA) is 68.4 Å². The van der Waals surface area contributed by atoms with Gasteiger partial charge in [-0.05, 0) is 30.4 Å². The number of pyridine rings is 1. The molecule has 1 aliphatic rings. The number of nitrogens with zero attached hydrogens (tertiary/aromatic N) is 3. The number of hydrogen-bond donors (Lipinski definition) is 1. The van der Waals surface area contributed by atoms with Gasteiger partial charge >= 0.3 is 5.69 Å². The van der Waals surface area contributed by atoms with Crippen LogP contribution in [0, 0.1) is 11.8 Å². The van der Waals surface area contributed by atoms with Crippen LogP contribution in [-0.2, 0) is 11.3 Å². The number of nitrogens with one attached hydrogen (secondary N) is 1. The van der Waals surface area contributed by atoms with Gasteiger partial charge in [0.25, 0.3) is 0 Å². The Bertz CT molecular complexity index is 733. The number of fused-ring (bicyclic) bond motifs is 1. The van der Waals surface area contributed by atoms with E-state index in [2.05, 4.69) is 24.3 Å². The van der Waals surface area contributed by atoms with Crippen LogP contribution >= 0.6 is 0 Å². The van der Waals surface area contributed by atoms with Crippen LogP contribution in [0.2, 0.25) is 0 Å². The highest BCUT2D eigenvalue weighted by Crippen LogP contribution is 2.29. The molecule has 0 bridgehead atoms. The van der Waals surface area contributed by atoms with Crippen LogP contribution in [0.15, 0.2) is 29.2 Å². The van der Waals surface area contributed by atoms with E-state index in [0.717, 1.165) is 12.8 Å². The number of aromatic nitrogens is 3. The maximum absolute atomic E-state index is 12.2. The molecule has 0 radical (unpaired) electrons. The molecule has 2 aromatic heterocycles. The Morgan fingerprint density at radius 2 is 2.18 bits per heavy atom. The zero-order chi connectivity index (χ0) is 15.7. The van der Waals surface area contributed by atoms with Crippen molar-refractivity contribution in [2.45, 2.75) is 45.7 Å². The van der Waals surface area contributed by atoms with Gasteiger partial charge in [0.2, 0.25) is 5.91 Å². The Labute approximate surface area is 129 Å². The second-order valence-electron chi connectivity index (χ2n) is 6.31. The van der Waals surface area contributed by atoms with Crippen LogP contribution in [0.1, 0.15) is 33.1 Å². The second-order valence-corrected chi connectivity index (χ2v) is 6.31. The fraction of sp³-hybridized carbons (Fsp3) is 0.562. The van der Waals surface area contributed by atoms with Crippen LogP contribution in [0.3, 0.4) is 0 Å². The first-order valence-corrected chi connectivity index (χ1v) is 7.90. The van der Waals surface area contributed by atoms with Crippen molar-refractivity contribution in [3.8, 4) is 0 Å². The van der Waals surface area contributed by atoms with Gasteiger partial charge in [-0.1, -0.05) is 32.8 Å². The highest BCUT2D eigenvalue weighted by atomic mass is 16.2. The Morgan fingerprint density at radius 1 is 1.36 bits per heavy atom. The monoisotopic (exact) mass is 302 g/mol. The van der Waals surface area contributed by atoms with E-state index in [1.54, 1.807) is 18.3 Å². The normalized spacial score (nSPS) is 25.3. The summed E-state index contributed by atoms with van der Waals surface area (Å²) in [5.74, 6) is 0.948. The minimum Gasteiger partial charge on any atom is -0.351 e. The Hall–Kier alpha value is -2.11. The molecule has 0 aliphatic heterocycles. The zero-order valence-electron chi connectivity index (χ0n) is 13.0. The van der Waals surface area contributed by atoms with Crippen LogP contribution in [0.25, 0.3) is 5.65 Å². The summed E-state index contributed by atoms with van der Waals surface area (Å²) in [6.45, 7) is 4.39. The molecule has 1 amide bonds. The molecule has 22 heavy (non-hydrogen) atoms. The van der Waals surface area contributed by atoms with Crippen LogP contribution < -0.4 is 11.0 Å². The molecule has 3 unspecified atom stereocenters. The van der Waals surface area contributed by atoms with Crippen molar-refractivity contribution in [2.24, 2.45) is 11.8 Å². The lowest BCUT2D eigenvalue weighted by Gasteiger charge is -2.34. The highest BCUT2D eigenvalue weighted by Gasteiger charge is 2.28. The van der Waals surface area contributed by atoms with E-state index in [0.29, 0.717) is 17.5 Å². The largest absolute Gasteiger partial charge is 0.351 e. The average Bonchev–Trinajstić information content (AvgIpc) is 2.81. The molecule has 0 saturated heterocycles. The third-order valence-electron chi connectivity index (χ3n) is 4.84. The second kappa shape index (κ2) is 5.94. The van der Waals surface area contributed by atoms with E-state index in [9.17, 15) is 9.59 Å². The quantitative estimate of drug-likeness (QED) is 0.932. The molecule has 1 N–H and O–H groups in total. The summed E-state index contributed by atoms with van der Waals surface area (Å²) in [7, 11) is 0. The fourth-order valence-electron chi connectivity index (χ4n) is 3.25. The number of amides is 1. The smallest absolute Gasteiger partial charge is 0.350 e. The van der Waals surface area contributed by atoms with E-state index in [1.807, 2.05) is 6.07 Å². The van der Waals surface area contributed by atoms with Gasteiger partial charge in [-0.2, -0.15) is 0 Å². The molecular weight excluding hydrogens is 280 g/mol. The average molecular weight is 302 g/mol. The zero-order valence-corrected chi connectivity index (χ0v) is 13.0. The lowest BCUT2D eigenvalue weighted by molar-refractivity contribution is -0.123. The SMILES string of the molecule is CC1CCCC(NC(=O)Cn2nc3ccccn3c2=O)C1C. The van der Waals surface area contributed by atoms with Crippen molar-refractivity contribution in [3.63, 3.8) is 0 Å². The van der Waals surface area contributed by atoms with Gasteiger partial charge in [0.1, 0.15) is 6.54 Å². The summed E-state index contributed by atoms with van der Waals surface area (Å²) in [6, 6.07) is 5.54. The van der Waals surface area contributed by atoms with Crippen molar-refractivity contribution in [1.29, 1.82) is 0 Å². The first-order valence-electron chi connectivity index (χ1n) is 7.90. The molecule has 3 rings (SSSR count). The molecule has 1 fully saturated rings. The van der Waals surface area contributed by atoms with Crippen LogP contribution in [0.5, 0.6) is 0 Å². The molecule has 2 aromatic rings. The lowest BCUT2D eigenvalue weighted by atomic mass is 9.78. The van der Waals surface area contributed by atoms with Crippen molar-refractivity contribution < 1.29 is 4.79 Å². The predicted molar refractivity (Wildman–Crippen MR) is 83.6 cm³/mol. The molecular formula is C16H22N4O2. The molecule has 2 heterocycles. The Morgan fingerprint density at radius 3 is 2.95 bits per heavy atom. The molecule has 0 spiro atoms. The number of carbonyl (C=O) groups excluding carboxylic acids is 1. The van der Waals surface area contributed by atoms with Gasteiger partial charge in [0.05, 0.1) is 0 Å². The van der Waals surface area contributed by atoms with Crippen molar-refractivity contribution in [3.05, 3.63) is 34.9 Å². The predicted octanol–water partition coefficient (Wildman–Crippen LogP) is 1.44. The van der Waals surface area contributed by atoms with Crippen molar-refractivity contribution in [2.75, 3.05) is 0 Å². The number of rotatable bonds is 3. The molecule has 0 aromatic carbocycles. The van der Waals surface area contributed by atoms with Crippen molar-refractivity contribution in [1.82, 2.24) is 19.5 Å². The Balaban J connectivity index is 1.71. The van der Waals surface area contributed by atoms with Gasteiger partial charge in [0, 0.05) is 12.2 Å². The van der Waals surface area contributed by atoms with Crippen molar-refractivity contribution >= 4 is 11.6 Å². The maximum Gasteiger partial charge on any atom is 0.350 e. The maximum atomic E-state index is 12.2. The third-order valence-corrected chi connectivity index (χ3v) is 4.84. The van der Waals surface area contributed by atoms with Gasteiger partial charge in [-0.15, -0.1) is 5.10 Å². The van der Waals surface area contributed by atoms with E-state index in [4.69, 9.17) is 0 Å². The first kappa shape index (κ1) is 14.8. The molecule has 3 atom stereocenters. The summed E-state index contributed by atoms with van der Waals surface area (Å²) in [5, 5.41) is 7.26. The fourth-order valence-corrected chi connectivity index (χ4v) is 3.25. The van der Waals surface area contributed by atoms with Gasteiger partial charge < -0.3 is 5.32 Å². The highest BCUT2D eigenvalue weighted by molar-refractivity contribution is 5.76. The Kier molecular flexibility index (Phi) is 4.00. The molecule has 1 aliphatic carbocycles. The third kappa shape index (κ3) is 2.77. The molecule has 6 nitrogen and oxygen atoms in total. The van der Waals surface area contributed by atoms with Gasteiger partial charge in [-0.3, -0.25) is 9.20 Å². The van der Waals surface area contributed by atoms with E-state index < -0.39 is 0 Å². The molecule has 1 saturated carbocycles. The minimum atomic E-state index is -0.282. The standard InChI is InChI=1S/C16H22N4O2/c1-11-6-5-7-13(12(11)2)17-15(21)10-20-16(22)19-9-4-3-8-14(19)18-20/h3-4,8-9,11-13H,5-7,10H2,1-2H3,(H,17,21). The van der Waals surface area contributed by atoms with E-state index >= 15 is 0 Å². The lowest BCUT2D eigenvalue weighted by Crippen LogP contribution is -2.45. The summed E-state index contributed by atoms with van der Waals surface area (Å²) in [4.78, 5) is 24.4. The summed E-state index contributed by atoms with van der Waals surface area (Å²) in [5.41, 5.74) is 0.274.